The van der Waals surface area contributed by atoms with Gasteiger partial charge in [-0.25, -0.2) is 0 Å². The van der Waals surface area contributed by atoms with Crippen LogP contribution in [0.4, 0.5) is 0 Å². The lowest BCUT2D eigenvalue weighted by molar-refractivity contribution is -0.142. The van der Waals surface area contributed by atoms with Gasteiger partial charge in [0.1, 0.15) is 24.9 Å². The summed E-state index contributed by atoms with van der Waals surface area (Å²) in [6.07, 6.45) is 12.0. The minimum absolute atomic E-state index is 0.345. The van der Waals surface area contributed by atoms with Gasteiger partial charge in [-0.3, -0.25) is 9.59 Å². The second-order valence-corrected chi connectivity index (χ2v) is 7.70. The number of aliphatic hydroxyl groups excluding tert-OH is 5. The van der Waals surface area contributed by atoms with Crippen LogP contribution in [-0.4, -0.2) is 73.9 Å². The highest BCUT2D eigenvalue weighted by atomic mass is 16.4. The molecule has 6 N–H and O–H groups in total. The van der Waals surface area contributed by atoms with Gasteiger partial charge in [0.05, 0.1) is 6.61 Å². The number of ketones is 1. The van der Waals surface area contributed by atoms with Gasteiger partial charge in [-0.05, 0) is 6.42 Å². The van der Waals surface area contributed by atoms with Crippen LogP contribution in [0.15, 0.2) is 0 Å². The zero-order valence-corrected chi connectivity index (χ0v) is 18.5. The summed E-state index contributed by atoms with van der Waals surface area (Å²) in [7, 11) is 0. The first-order valence-corrected chi connectivity index (χ1v) is 11.3. The third-order valence-electron chi connectivity index (χ3n) is 4.88. The Kier molecular flexibility index (Phi) is 23.5. The molecular weight excluding hydrogens is 392 g/mol. The Labute approximate surface area is 180 Å². The number of carbonyl (C=O) groups is 2. The Hall–Kier alpha value is -1.06. The van der Waals surface area contributed by atoms with Crippen molar-refractivity contribution in [3.8, 4) is 0 Å². The van der Waals surface area contributed by atoms with Crippen LogP contribution >= 0.6 is 0 Å². The van der Waals surface area contributed by atoms with Gasteiger partial charge in [0.15, 0.2) is 5.78 Å². The summed E-state index contributed by atoms with van der Waals surface area (Å²) in [5, 5.41) is 51.5. The molecule has 30 heavy (non-hydrogen) atoms. The molecule has 0 aromatic heterocycles. The van der Waals surface area contributed by atoms with Crippen molar-refractivity contribution in [2.45, 2.75) is 115 Å². The van der Waals surface area contributed by atoms with Gasteiger partial charge in [0.25, 0.3) is 0 Å². The highest BCUT2D eigenvalue weighted by Crippen LogP contribution is 2.12. The predicted molar refractivity (Wildman–Crippen MR) is 115 cm³/mol. The highest BCUT2D eigenvalue weighted by Gasteiger charge is 2.28. The summed E-state index contributed by atoms with van der Waals surface area (Å²) in [4.78, 5) is 20.8. The third-order valence-corrected chi connectivity index (χ3v) is 4.88. The van der Waals surface area contributed by atoms with Crippen LogP contribution in [0.1, 0.15) is 96.8 Å². The molecule has 0 saturated carbocycles. The van der Waals surface area contributed by atoms with Crippen molar-refractivity contribution < 1.29 is 40.2 Å². The molecule has 0 aliphatic heterocycles. The summed E-state index contributed by atoms with van der Waals surface area (Å²) in [5.41, 5.74) is 0. The minimum Gasteiger partial charge on any atom is -0.481 e. The molecule has 8 nitrogen and oxygen atoms in total. The smallest absolute Gasteiger partial charge is 0.303 e. The van der Waals surface area contributed by atoms with Crippen molar-refractivity contribution in [1.29, 1.82) is 0 Å². The lowest BCUT2D eigenvalue weighted by Crippen LogP contribution is -2.44. The van der Waals surface area contributed by atoms with Crippen LogP contribution in [0.2, 0.25) is 0 Å². The number of aliphatic carboxylic acids is 1. The van der Waals surface area contributed by atoms with Gasteiger partial charge in [-0.2, -0.15) is 0 Å². The van der Waals surface area contributed by atoms with E-state index >= 15 is 0 Å². The maximum atomic E-state index is 10.5. The van der Waals surface area contributed by atoms with E-state index in [1.807, 2.05) is 0 Å². The Morgan fingerprint density at radius 3 is 1.43 bits per heavy atom. The normalized spacial score (nSPS) is 13.8. The average molecular weight is 437 g/mol. The Bertz CT molecular complexity index is 403. The summed E-state index contributed by atoms with van der Waals surface area (Å²) >= 11 is 0. The van der Waals surface area contributed by atoms with E-state index in [4.69, 9.17) is 30.6 Å². The second-order valence-electron chi connectivity index (χ2n) is 7.70. The number of rotatable bonds is 19. The van der Waals surface area contributed by atoms with Crippen LogP contribution in [-0.2, 0) is 9.59 Å². The summed E-state index contributed by atoms with van der Waals surface area (Å²) < 4.78 is 0. The van der Waals surface area contributed by atoms with E-state index in [1.165, 1.54) is 70.6 Å². The van der Waals surface area contributed by atoms with E-state index in [1.54, 1.807) is 0 Å². The summed E-state index contributed by atoms with van der Waals surface area (Å²) in [5.74, 6) is -1.66. The SMILES string of the molecule is CCCCCCCCCCCCCCCC(=O)O.O=C(CO)C(O)C(O)C(O)CO. The minimum atomic E-state index is -1.86. The standard InChI is InChI=1S/C16H32O2.C6H12O6/c1-2-3-4-5-6-7-8-9-10-11-12-13-14-15-16(17)18;7-1-3(9)5(11)6(12)4(10)2-8/h2-15H2,1H3,(H,17,18);3,5-9,11-12H,1-2H2. The lowest BCUT2D eigenvalue weighted by Gasteiger charge is -2.19. The van der Waals surface area contributed by atoms with Crippen molar-refractivity contribution in [1.82, 2.24) is 0 Å². The van der Waals surface area contributed by atoms with Crippen LogP contribution < -0.4 is 0 Å². The van der Waals surface area contributed by atoms with Gasteiger partial charge < -0.3 is 30.6 Å². The summed E-state index contributed by atoms with van der Waals surface area (Å²) in [6, 6.07) is 0. The number of carboxylic acid groups (broad SMARTS) is 1. The molecule has 180 valence electrons. The molecule has 0 aliphatic carbocycles. The van der Waals surface area contributed by atoms with Gasteiger partial charge in [0, 0.05) is 6.42 Å². The number of hydrogen-bond donors (Lipinski definition) is 6. The third kappa shape index (κ3) is 20.2. The van der Waals surface area contributed by atoms with E-state index in [2.05, 4.69) is 6.92 Å². The molecule has 0 fully saturated rings. The molecule has 0 heterocycles. The van der Waals surface area contributed by atoms with Crippen molar-refractivity contribution in [2.24, 2.45) is 0 Å². The maximum Gasteiger partial charge on any atom is 0.303 e. The van der Waals surface area contributed by atoms with Crippen LogP contribution in [0.25, 0.3) is 0 Å². The average Bonchev–Trinajstić information content (AvgIpc) is 2.74. The maximum absolute atomic E-state index is 10.5. The van der Waals surface area contributed by atoms with E-state index in [-0.39, 0.29) is 0 Å². The molecule has 0 aliphatic rings. The van der Waals surface area contributed by atoms with Crippen molar-refractivity contribution in [3.63, 3.8) is 0 Å². The zero-order valence-electron chi connectivity index (χ0n) is 18.5. The fourth-order valence-electron chi connectivity index (χ4n) is 2.90. The number of unbranched alkanes of at least 4 members (excludes halogenated alkanes) is 12. The molecule has 0 radical (unpaired) electrons. The molecule has 0 amide bonds. The molecule has 0 aromatic rings. The topological polar surface area (TPSA) is 156 Å². The number of aliphatic hydroxyl groups is 5. The van der Waals surface area contributed by atoms with E-state index in [0.717, 1.165) is 12.8 Å². The predicted octanol–water partition coefficient (Wildman–Crippen LogP) is 2.18. The molecule has 0 rings (SSSR count). The molecule has 0 bridgehead atoms. The van der Waals surface area contributed by atoms with E-state index in [9.17, 15) is 9.59 Å². The monoisotopic (exact) mass is 436 g/mol. The zero-order chi connectivity index (χ0) is 23.2. The van der Waals surface area contributed by atoms with Gasteiger partial charge in [-0.1, -0.05) is 84.0 Å². The van der Waals surface area contributed by atoms with Gasteiger partial charge >= 0.3 is 5.97 Å². The van der Waals surface area contributed by atoms with Crippen LogP contribution in [0.5, 0.6) is 0 Å². The van der Waals surface area contributed by atoms with Crippen molar-refractivity contribution in [2.75, 3.05) is 13.2 Å². The molecule has 3 unspecified atom stereocenters. The first-order chi connectivity index (χ1) is 14.3. The van der Waals surface area contributed by atoms with E-state index < -0.39 is 43.3 Å². The van der Waals surface area contributed by atoms with E-state index in [0.29, 0.717) is 6.42 Å². The quantitative estimate of drug-likeness (QED) is 0.168. The molecule has 0 spiro atoms. The molecule has 0 saturated heterocycles. The fraction of sp³-hybridized carbons (Fsp3) is 0.909. The summed E-state index contributed by atoms with van der Waals surface area (Å²) in [6.45, 7) is 0.573. The van der Waals surface area contributed by atoms with Crippen LogP contribution in [0, 0.1) is 0 Å². The molecular formula is C22H44O8. The number of Topliss-reactive ketones (excluding diaryl/α,β-unsaturated/α-hetero) is 1. The van der Waals surface area contributed by atoms with Crippen molar-refractivity contribution in [3.05, 3.63) is 0 Å². The Morgan fingerprint density at radius 1 is 0.700 bits per heavy atom. The first-order valence-electron chi connectivity index (χ1n) is 11.3. The van der Waals surface area contributed by atoms with Crippen LogP contribution in [0.3, 0.4) is 0 Å². The molecule has 3 atom stereocenters. The Balaban J connectivity index is 0. The first kappa shape index (κ1) is 31.1. The lowest BCUT2D eigenvalue weighted by atomic mass is 10.0. The number of hydrogen-bond acceptors (Lipinski definition) is 7. The van der Waals surface area contributed by atoms with Gasteiger partial charge in [0.2, 0.25) is 0 Å². The van der Waals surface area contributed by atoms with Gasteiger partial charge in [-0.15, -0.1) is 0 Å². The second kappa shape index (κ2) is 22.6. The largest absolute Gasteiger partial charge is 0.481 e. The Morgan fingerprint density at radius 2 is 1.10 bits per heavy atom. The highest BCUT2D eigenvalue weighted by molar-refractivity contribution is 5.84. The van der Waals surface area contributed by atoms with Crippen molar-refractivity contribution >= 4 is 11.8 Å². The fourth-order valence-corrected chi connectivity index (χ4v) is 2.90. The molecule has 0 aromatic carbocycles. The number of carbonyl (C=O) groups excluding carboxylic acids is 1. The number of carboxylic acids is 1. The molecule has 8 heteroatoms.